The van der Waals surface area contributed by atoms with E-state index in [-0.39, 0.29) is 13.4 Å². The number of esters is 1. The van der Waals surface area contributed by atoms with E-state index in [1.54, 1.807) is 0 Å². The Morgan fingerprint density at radius 1 is 1.09 bits per heavy atom. The van der Waals surface area contributed by atoms with Crippen LogP contribution in [0.1, 0.15) is 70.6 Å². The normalized spacial score (nSPS) is 21.2. The summed E-state index contributed by atoms with van der Waals surface area (Å²) in [6, 6.07) is 0. The molecule has 5 heteroatoms. The fraction of sp³-hybridized carbons (Fsp3) is 0.778. The monoisotopic (exact) mass is 436 g/mol. The number of aliphatic hydroxyl groups excluding tert-OH is 1. The van der Waals surface area contributed by atoms with E-state index in [0.29, 0.717) is 18.9 Å². The molecule has 0 aliphatic carbocycles. The minimum atomic E-state index is -0.0201. The summed E-state index contributed by atoms with van der Waals surface area (Å²) < 4.78 is 5.20. The maximum atomic E-state index is 11.4. The average Bonchev–Trinajstić information content (AvgIpc) is 2.55. The molecule has 1 rings (SSSR count). The standard InChI is InChI=1S/C16H28O2.CH4O.CH3.ClH.Ru/c1-15-11-7-4-2-3-5-10-14-18-16(17)13-9-6-8-12-15;1-2;;;/h12,15H,1-11,13-14H2;2H,1H3;1H3;1H;/q-2;;-1;;+4/p-1/t15-;;;;/m0..../s1. The van der Waals surface area contributed by atoms with Gasteiger partial charge in [-0.15, -0.1) is 6.42 Å². The predicted octanol–water partition coefficient (Wildman–Crippen LogP) is 5.23. The Morgan fingerprint density at radius 3 is 2.30 bits per heavy atom. The number of rotatable bonds is 0. The van der Waals surface area contributed by atoms with E-state index in [1.165, 1.54) is 38.5 Å². The van der Waals surface area contributed by atoms with Gasteiger partial charge in [0.25, 0.3) is 0 Å². The second kappa shape index (κ2) is 24.6. The number of hydrogen-bond donors (Lipinski definition) is 1. The molecule has 0 saturated carbocycles. The van der Waals surface area contributed by atoms with E-state index in [9.17, 15) is 4.79 Å². The van der Waals surface area contributed by atoms with Gasteiger partial charge >= 0.3 is 33.0 Å². The summed E-state index contributed by atoms with van der Waals surface area (Å²) in [6.07, 6.45) is 14.6. The van der Waals surface area contributed by atoms with E-state index in [4.69, 9.17) is 9.84 Å². The molecule has 1 atom stereocenters. The van der Waals surface area contributed by atoms with Crippen LogP contribution in [0.5, 0.6) is 0 Å². The van der Waals surface area contributed by atoms with Crippen LogP contribution in [0.3, 0.4) is 0 Å². The first kappa shape index (κ1) is 28.2. The van der Waals surface area contributed by atoms with E-state index < -0.39 is 0 Å². The molecule has 0 spiro atoms. The first-order chi connectivity index (χ1) is 10.8. The Morgan fingerprint density at radius 2 is 1.65 bits per heavy atom. The van der Waals surface area contributed by atoms with Crippen molar-refractivity contribution < 1.29 is 31.9 Å². The third-order valence-electron chi connectivity index (χ3n) is 3.57. The quantitative estimate of drug-likeness (QED) is 0.321. The first-order valence-electron chi connectivity index (χ1n) is 8.19. The molecule has 1 aliphatic heterocycles. The second-order valence-electron chi connectivity index (χ2n) is 5.37. The third kappa shape index (κ3) is 22.3. The number of ether oxygens (including phenoxy) is 1. The Balaban J connectivity index is -0.000000739. The van der Waals surface area contributed by atoms with Gasteiger partial charge in [0, 0.05) is 13.5 Å². The van der Waals surface area contributed by atoms with Crippen molar-refractivity contribution >= 4 is 15.7 Å². The number of aliphatic hydroxyl groups is 1. The van der Waals surface area contributed by atoms with Crippen molar-refractivity contribution in [3.05, 3.63) is 20.8 Å². The van der Waals surface area contributed by atoms with Gasteiger partial charge in [-0.3, -0.25) is 4.79 Å². The van der Waals surface area contributed by atoms with Gasteiger partial charge in [0.15, 0.2) is 0 Å². The van der Waals surface area contributed by atoms with Gasteiger partial charge < -0.3 is 36.5 Å². The molecular formula is C18H35ClO3Ru. The van der Waals surface area contributed by atoms with Crippen LogP contribution in [0.2, 0.25) is 0 Å². The summed E-state index contributed by atoms with van der Waals surface area (Å²) in [5.41, 5.74) is 0. The van der Waals surface area contributed by atoms with Gasteiger partial charge in [-0.05, 0) is 12.8 Å². The molecule has 0 aromatic heterocycles. The molecule has 3 nitrogen and oxygen atoms in total. The van der Waals surface area contributed by atoms with Gasteiger partial charge in [-0.1, -0.05) is 38.5 Å². The predicted molar refractivity (Wildman–Crippen MR) is 95.3 cm³/mol. The Kier molecular flexibility index (Phi) is 30.1. The average molecular weight is 436 g/mol. The summed E-state index contributed by atoms with van der Waals surface area (Å²) in [6.45, 7) is 4.79. The van der Waals surface area contributed by atoms with Crippen LogP contribution in [0.15, 0.2) is 0 Å². The molecular weight excluding hydrogens is 401 g/mol. The molecule has 23 heavy (non-hydrogen) atoms. The molecule has 140 valence electrons. The van der Waals surface area contributed by atoms with Crippen molar-refractivity contribution in [3.63, 3.8) is 0 Å². The van der Waals surface area contributed by atoms with Crippen LogP contribution < -0.4 is 0 Å². The molecule has 0 bridgehead atoms. The van der Waals surface area contributed by atoms with Crippen molar-refractivity contribution in [1.29, 1.82) is 0 Å². The third-order valence-corrected chi connectivity index (χ3v) is 3.57. The Hall–Kier alpha value is 0.343. The molecule has 0 aromatic rings. The van der Waals surface area contributed by atoms with Gasteiger partial charge in [-0.25, -0.2) is 0 Å². The molecule has 1 aliphatic rings. The van der Waals surface area contributed by atoms with E-state index >= 15 is 0 Å². The van der Waals surface area contributed by atoms with E-state index in [0.717, 1.165) is 32.8 Å². The number of carbonyl (C=O) groups excluding carboxylic acids is 1. The summed E-state index contributed by atoms with van der Waals surface area (Å²) in [5.74, 6) is 0.470. The number of halogens is 1. The van der Waals surface area contributed by atoms with Gasteiger partial charge in [0.1, 0.15) is 0 Å². The van der Waals surface area contributed by atoms with Crippen LogP contribution in [-0.4, -0.2) is 24.8 Å². The fourth-order valence-electron chi connectivity index (χ4n) is 2.36. The van der Waals surface area contributed by atoms with Gasteiger partial charge in [0.2, 0.25) is 0 Å². The summed E-state index contributed by atoms with van der Waals surface area (Å²) in [5, 5.41) is 7.00. The number of cyclic esters (lactones) is 1. The van der Waals surface area contributed by atoms with Crippen molar-refractivity contribution in [1.82, 2.24) is 0 Å². The number of carbonyl (C=O) groups is 1. The zero-order valence-corrected chi connectivity index (χ0v) is 17.3. The first-order valence-corrected chi connectivity index (χ1v) is 10.4. The zero-order valence-electron chi connectivity index (χ0n) is 14.8. The molecule has 0 unspecified atom stereocenters. The molecule has 1 saturated heterocycles. The van der Waals surface area contributed by atoms with Gasteiger partial charge in [-0.2, -0.15) is 6.42 Å². The molecule has 1 heterocycles. The Labute approximate surface area is 158 Å². The minimum absolute atomic E-state index is 0. The number of hydrogen-bond acceptors (Lipinski definition) is 3. The maximum absolute atomic E-state index is 11.4. The molecule has 0 aromatic carbocycles. The SMILES string of the molecule is CO.[CH2-][C@@H]1[CH-]CCCCC(=O)OCCCCCCCC1.[CH3-].[Cl][Ru+3]. The zero-order chi connectivity index (χ0) is 17.1. The van der Waals surface area contributed by atoms with Crippen LogP contribution >= 0.6 is 9.69 Å². The Bertz CT molecular complexity index is 228. The molecule has 1 N–H and O–H groups in total. The van der Waals surface area contributed by atoms with Crippen LogP contribution in [0, 0.1) is 26.7 Å². The van der Waals surface area contributed by atoms with Crippen LogP contribution in [0.25, 0.3) is 0 Å². The summed E-state index contributed by atoms with van der Waals surface area (Å²) in [7, 11) is 5.57. The summed E-state index contributed by atoms with van der Waals surface area (Å²) in [4.78, 5) is 11.4. The van der Waals surface area contributed by atoms with E-state index in [2.05, 4.69) is 23.0 Å². The summed E-state index contributed by atoms with van der Waals surface area (Å²) >= 11 is 1.82. The van der Waals surface area contributed by atoms with Gasteiger partial charge in [0.05, 0.1) is 6.61 Å². The second-order valence-corrected chi connectivity index (χ2v) is 5.37. The van der Waals surface area contributed by atoms with E-state index in [1.807, 2.05) is 17.3 Å². The molecule has 1 fully saturated rings. The topological polar surface area (TPSA) is 46.5 Å². The van der Waals surface area contributed by atoms with Crippen molar-refractivity contribution in [2.75, 3.05) is 13.7 Å². The molecule has 0 amide bonds. The molecule has 0 radical (unpaired) electrons. The van der Waals surface area contributed by atoms with Crippen LogP contribution in [0.4, 0.5) is 0 Å². The van der Waals surface area contributed by atoms with Crippen molar-refractivity contribution in [2.45, 2.75) is 70.6 Å². The van der Waals surface area contributed by atoms with Crippen LogP contribution in [-0.2, 0) is 26.8 Å². The van der Waals surface area contributed by atoms with Crippen molar-refractivity contribution in [3.8, 4) is 0 Å². The van der Waals surface area contributed by atoms with Crippen molar-refractivity contribution in [2.24, 2.45) is 5.92 Å². The fourth-order valence-corrected chi connectivity index (χ4v) is 2.36.